The number of anilines is 2. The van der Waals surface area contributed by atoms with E-state index in [4.69, 9.17) is 4.74 Å². The number of nitrogens with zero attached hydrogens (tertiary/aromatic N) is 7. The van der Waals surface area contributed by atoms with E-state index < -0.39 is 11.9 Å². The summed E-state index contributed by atoms with van der Waals surface area (Å²) < 4.78 is 7.67. The van der Waals surface area contributed by atoms with Gasteiger partial charge in [-0.3, -0.25) is 19.2 Å². The van der Waals surface area contributed by atoms with Gasteiger partial charge in [0, 0.05) is 95.7 Å². The maximum atomic E-state index is 13.5. The Morgan fingerprint density at radius 2 is 1.40 bits per heavy atom. The minimum absolute atomic E-state index is 0.151. The Kier molecular flexibility index (Phi) is 20.0. The summed E-state index contributed by atoms with van der Waals surface area (Å²) in [5.41, 5.74) is 8.15. The topological polar surface area (TPSA) is 196 Å². The second kappa shape index (κ2) is 26.9. The number of amides is 4. The number of aldehydes is 3. The first kappa shape index (κ1) is 54.2. The maximum Gasteiger partial charge on any atom is 0.319 e. The van der Waals surface area contributed by atoms with Crippen molar-refractivity contribution in [1.82, 2.24) is 34.7 Å². The Bertz CT molecular complexity index is 2440. The molecular formula is C56H76N10O7. The number of ether oxygens (including phenoxy) is 1. The summed E-state index contributed by atoms with van der Waals surface area (Å²) in [5, 5.41) is 10.4. The molecule has 17 heteroatoms. The average Bonchev–Trinajstić information content (AvgIpc) is 3.85. The molecule has 4 saturated heterocycles. The lowest BCUT2D eigenvalue weighted by Gasteiger charge is -2.44. The molecule has 4 aromatic rings. The molecule has 17 nitrogen and oxygen atoms in total. The summed E-state index contributed by atoms with van der Waals surface area (Å²) in [6.07, 6.45) is 14.0. The van der Waals surface area contributed by atoms with Crippen molar-refractivity contribution in [3.8, 4) is 22.8 Å². The zero-order chi connectivity index (χ0) is 51.7. The summed E-state index contributed by atoms with van der Waals surface area (Å²) >= 11 is 0. The van der Waals surface area contributed by atoms with E-state index in [1.54, 1.807) is 12.1 Å². The van der Waals surface area contributed by atoms with Crippen LogP contribution in [0, 0.1) is 11.8 Å². The average molecular weight is 1000 g/mol. The molecule has 0 saturated carbocycles. The van der Waals surface area contributed by atoms with Gasteiger partial charge in [-0.15, -0.1) is 0 Å². The normalized spacial score (nSPS) is 18.1. The van der Waals surface area contributed by atoms with E-state index in [0.29, 0.717) is 35.4 Å². The molecule has 0 spiro atoms. The number of urea groups is 1. The van der Waals surface area contributed by atoms with Gasteiger partial charge in [0.25, 0.3) is 5.91 Å². The zero-order valence-corrected chi connectivity index (χ0v) is 43.1. The Labute approximate surface area is 430 Å². The lowest BCUT2D eigenvalue weighted by Crippen LogP contribution is -2.53. The molecule has 0 aliphatic carbocycles. The molecule has 4 N–H and O–H groups in total. The van der Waals surface area contributed by atoms with Crippen molar-refractivity contribution in [1.29, 1.82) is 0 Å². The fraction of sp³-hybridized carbons (Fsp3) is 0.518. The number of aromatic nitrogens is 2. The van der Waals surface area contributed by atoms with Gasteiger partial charge in [0.05, 0.1) is 11.1 Å². The molecule has 1 aromatic heterocycles. The van der Waals surface area contributed by atoms with E-state index in [9.17, 15) is 28.8 Å². The van der Waals surface area contributed by atoms with Crippen LogP contribution in [0.15, 0.2) is 72.8 Å². The number of hydrogen-bond donors (Lipinski definition) is 3. The summed E-state index contributed by atoms with van der Waals surface area (Å²) in [6, 6.07) is 22.7. The molecule has 73 heavy (non-hydrogen) atoms. The Balaban J connectivity index is 0.000000250. The van der Waals surface area contributed by atoms with Gasteiger partial charge in [0.1, 0.15) is 35.3 Å². The molecule has 392 valence electrons. The van der Waals surface area contributed by atoms with Crippen LogP contribution in [-0.2, 0) is 16.1 Å². The zero-order valence-electron chi connectivity index (χ0n) is 43.1. The summed E-state index contributed by atoms with van der Waals surface area (Å²) in [6.45, 7) is 9.31. The van der Waals surface area contributed by atoms with Crippen LogP contribution in [0.2, 0.25) is 0 Å². The van der Waals surface area contributed by atoms with Crippen LogP contribution in [0.25, 0.3) is 11.3 Å². The predicted octanol–water partition coefficient (Wildman–Crippen LogP) is 7.21. The van der Waals surface area contributed by atoms with Gasteiger partial charge >= 0.3 is 6.03 Å². The molecule has 3 aromatic carbocycles. The van der Waals surface area contributed by atoms with E-state index >= 15 is 0 Å². The van der Waals surface area contributed by atoms with Gasteiger partial charge in [0.2, 0.25) is 5.91 Å². The third-order valence-electron chi connectivity index (χ3n) is 15.4. The van der Waals surface area contributed by atoms with Crippen molar-refractivity contribution >= 4 is 48.2 Å². The highest BCUT2D eigenvalue weighted by molar-refractivity contribution is 6.04. The van der Waals surface area contributed by atoms with E-state index in [1.807, 2.05) is 65.3 Å². The molecule has 9 rings (SSSR count). The van der Waals surface area contributed by atoms with E-state index in [2.05, 4.69) is 41.1 Å². The van der Waals surface area contributed by atoms with Crippen molar-refractivity contribution in [3.05, 3.63) is 89.5 Å². The van der Waals surface area contributed by atoms with Crippen molar-refractivity contribution < 1.29 is 33.5 Å². The van der Waals surface area contributed by atoms with E-state index in [-0.39, 0.29) is 35.9 Å². The molecule has 0 radical (unpaired) electrons. The standard InChI is InChI=1S/C36H54N6O5.C19H17N3O2.CH5N/c1-37-34(45)33(7-6-24-43)38(2)35(46)32-25-31(9-8-29(32)26-44)40-18-10-27(11-19-40)28-12-20-41(21-13-28)36(47)42-22-14-30(15-23-42)39-16-4-3-5-17-39;23-13-17-18(21-22-12-4-11-20-19(17)22)14-7-9-16(10-8-14)24-15-5-2-1-3-6-15;1-2/h8-9,24-28,30,33H,3-7,10-23H2,1-2H3,(H,37,45);1-3,5-10,13,20H,4,11-12H2;2H2,1H3. The summed E-state index contributed by atoms with van der Waals surface area (Å²) in [7, 11) is 4.54. The third kappa shape index (κ3) is 13.5. The first-order valence-electron chi connectivity index (χ1n) is 26.4. The number of carbonyl (C=O) groups excluding carboxylic acids is 6. The van der Waals surface area contributed by atoms with Crippen LogP contribution < -0.4 is 26.0 Å². The number of hydrogen-bond acceptors (Lipinski definition) is 12. The number of para-hydroxylation sites is 1. The number of nitrogens with two attached hydrogens (primary N) is 1. The Morgan fingerprint density at radius 3 is 2.01 bits per heavy atom. The molecule has 1 atom stereocenters. The van der Waals surface area contributed by atoms with Crippen LogP contribution in [0.5, 0.6) is 11.5 Å². The van der Waals surface area contributed by atoms with Crippen molar-refractivity contribution in [2.75, 3.05) is 90.3 Å². The number of rotatable bonds is 14. The molecule has 1 unspecified atom stereocenters. The lowest BCUT2D eigenvalue weighted by molar-refractivity contribution is -0.125. The fourth-order valence-corrected chi connectivity index (χ4v) is 11.2. The number of aryl methyl sites for hydroxylation is 1. The molecule has 5 aliphatic rings. The number of likely N-dealkylation sites (N-methyl/N-ethyl adjacent to an activating group) is 2. The van der Waals surface area contributed by atoms with Crippen LogP contribution in [0.3, 0.4) is 0 Å². The number of likely N-dealkylation sites (tertiary alicyclic amines) is 3. The van der Waals surface area contributed by atoms with Crippen LogP contribution in [0.4, 0.5) is 16.3 Å². The van der Waals surface area contributed by atoms with Crippen LogP contribution in [-0.4, -0.2) is 158 Å². The number of benzene rings is 3. The Morgan fingerprint density at radius 1 is 0.767 bits per heavy atom. The van der Waals surface area contributed by atoms with Gasteiger partial charge in [-0.2, -0.15) is 5.10 Å². The van der Waals surface area contributed by atoms with Gasteiger partial charge in [0.15, 0.2) is 12.6 Å². The molecule has 5 aliphatic heterocycles. The highest BCUT2D eigenvalue weighted by Gasteiger charge is 2.35. The number of fused-ring (bicyclic) bond motifs is 1. The lowest BCUT2D eigenvalue weighted by atomic mass is 9.78. The first-order chi connectivity index (χ1) is 35.7. The maximum absolute atomic E-state index is 13.5. The number of piperidine rings is 4. The fourth-order valence-electron chi connectivity index (χ4n) is 11.2. The molecule has 4 amide bonds. The van der Waals surface area contributed by atoms with Crippen molar-refractivity contribution in [3.63, 3.8) is 0 Å². The molecule has 4 fully saturated rings. The van der Waals surface area contributed by atoms with Gasteiger partial charge in [-0.25, -0.2) is 9.48 Å². The summed E-state index contributed by atoms with van der Waals surface area (Å²) in [5.74, 6) is 2.81. The first-order valence-corrected chi connectivity index (χ1v) is 26.4. The molecule has 6 heterocycles. The predicted molar refractivity (Wildman–Crippen MR) is 285 cm³/mol. The third-order valence-corrected chi connectivity index (χ3v) is 15.4. The smallest absolute Gasteiger partial charge is 0.319 e. The van der Waals surface area contributed by atoms with Crippen molar-refractivity contribution in [2.24, 2.45) is 17.6 Å². The van der Waals surface area contributed by atoms with Crippen molar-refractivity contribution in [2.45, 2.75) is 95.7 Å². The number of carbonyl (C=O) groups is 6. The largest absolute Gasteiger partial charge is 0.457 e. The number of nitrogens with one attached hydrogen (secondary N) is 2. The SMILES string of the molecule is CN.CNC(=O)C(CCC=O)N(C)C(=O)c1cc(N2CCC(C3CCN(C(=O)N4CCC(N5CCCCC5)CC4)CC3)CC2)ccc1C=O.O=Cc1c(-c2ccc(Oc3ccccc3)cc2)nn2c1NCCC2. The van der Waals surface area contributed by atoms with Gasteiger partial charge in [-0.05, 0) is 151 Å². The second-order valence-electron chi connectivity index (χ2n) is 19.6. The minimum atomic E-state index is -0.810. The van der Waals surface area contributed by atoms with Crippen LogP contribution in [0.1, 0.15) is 108 Å². The minimum Gasteiger partial charge on any atom is -0.457 e. The Hall–Kier alpha value is -6.59. The highest BCUT2D eigenvalue weighted by Crippen LogP contribution is 2.36. The quantitative estimate of drug-likeness (QED) is 0.108. The van der Waals surface area contributed by atoms with Gasteiger partial charge in [-0.1, -0.05) is 24.6 Å². The second-order valence-corrected chi connectivity index (χ2v) is 19.6. The highest BCUT2D eigenvalue weighted by atomic mass is 16.5. The van der Waals surface area contributed by atoms with E-state index in [1.165, 1.54) is 58.4 Å². The van der Waals surface area contributed by atoms with E-state index in [0.717, 1.165) is 138 Å². The molecular weight excluding hydrogens is 925 g/mol. The monoisotopic (exact) mass is 1000 g/mol. The van der Waals surface area contributed by atoms with Gasteiger partial charge < -0.3 is 50.4 Å². The van der Waals surface area contributed by atoms with Crippen LogP contribution >= 0.6 is 0 Å². The summed E-state index contributed by atoms with van der Waals surface area (Å²) in [4.78, 5) is 84.2. The molecule has 0 bridgehead atoms.